The third-order valence-electron chi connectivity index (χ3n) is 2.08. The highest BCUT2D eigenvalue weighted by atomic mass is 79.9. The zero-order valence-electron chi connectivity index (χ0n) is 6.31. The average molecular weight is 210 g/mol. The quantitative estimate of drug-likeness (QED) is 0.665. The molecule has 1 aliphatic rings. The molecule has 0 nitrogen and oxygen atoms in total. The molecule has 0 heterocycles. The van der Waals surface area contributed by atoms with Crippen LogP contribution < -0.4 is 0 Å². The van der Waals surface area contributed by atoms with Crippen LogP contribution in [0.3, 0.4) is 0 Å². The van der Waals surface area contributed by atoms with E-state index in [1.807, 2.05) is 6.07 Å². The topological polar surface area (TPSA) is 0 Å². The molecule has 1 aromatic carbocycles. The molecule has 0 unspecified atom stereocenters. The number of benzene rings is 1. The SMILES string of the molecule is [CH2]c1ccc(Br)c(C2CC2)c1. The molecule has 1 aromatic rings. The van der Waals surface area contributed by atoms with Crippen molar-refractivity contribution in [3.05, 3.63) is 40.7 Å². The molecule has 11 heavy (non-hydrogen) atoms. The monoisotopic (exact) mass is 209 g/mol. The van der Waals surface area contributed by atoms with E-state index in [0.717, 1.165) is 11.5 Å². The van der Waals surface area contributed by atoms with Crippen molar-refractivity contribution in [3.63, 3.8) is 0 Å². The highest BCUT2D eigenvalue weighted by molar-refractivity contribution is 9.10. The van der Waals surface area contributed by atoms with Gasteiger partial charge in [0.2, 0.25) is 0 Å². The van der Waals surface area contributed by atoms with Crippen LogP contribution in [0.2, 0.25) is 0 Å². The first-order chi connectivity index (χ1) is 5.27. The van der Waals surface area contributed by atoms with Gasteiger partial charge in [-0.3, -0.25) is 0 Å². The third-order valence-corrected chi connectivity index (χ3v) is 2.80. The van der Waals surface area contributed by atoms with Gasteiger partial charge in [-0.15, -0.1) is 0 Å². The van der Waals surface area contributed by atoms with E-state index in [2.05, 4.69) is 35.0 Å². The van der Waals surface area contributed by atoms with Crippen molar-refractivity contribution in [2.24, 2.45) is 0 Å². The zero-order chi connectivity index (χ0) is 7.84. The molecule has 1 aliphatic carbocycles. The maximum atomic E-state index is 3.91. The molecule has 1 fully saturated rings. The van der Waals surface area contributed by atoms with E-state index in [4.69, 9.17) is 0 Å². The Hall–Kier alpha value is -0.300. The summed E-state index contributed by atoms with van der Waals surface area (Å²) in [6, 6.07) is 6.31. The molecule has 0 N–H and O–H groups in total. The Morgan fingerprint density at radius 2 is 2.09 bits per heavy atom. The minimum Gasteiger partial charge on any atom is -0.0579 e. The number of hydrogen-bond donors (Lipinski definition) is 0. The molecular weight excluding hydrogens is 200 g/mol. The minimum atomic E-state index is 0.811. The number of rotatable bonds is 1. The van der Waals surface area contributed by atoms with E-state index < -0.39 is 0 Å². The van der Waals surface area contributed by atoms with Crippen molar-refractivity contribution < 1.29 is 0 Å². The Labute approximate surface area is 75.8 Å². The van der Waals surface area contributed by atoms with E-state index >= 15 is 0 Å². The second-order valence-electron chi connectivity index (χ2n) is 3.13. The van der Waals surface area contributed by atoms with Crippen LogP contribution in [0.4, 0.5) is 0 Å². The van der Waals surface area contributed by atoms with Crippen LogP contribution >= 0.6 is 15.9 Å². The Kier molecular flexibility index (Phi) is 1.76. The molecule has 0 aliphatic heterocycles. The summed E-state index contributed by atoms with van der Waals surface area (Å²) >= 11 is 3.54. The predicted molar refractivity (Wildman–Crippen MR) is 50.6 cm³/mol. The van der Waals surface area contributed by atoms with Gasteiger partial charge in [0.15, 0.2) is 0 Å². The molecular formula is C10H10Br. The second-order valence-corrected chi connectivity index (χ2v) is 3.98. The van der Waals surface area contributed by atoms with Gasteiger partial charge in [0, 0.05) is 4.47 Å². The van der Waals surface area contributed by atoms with Crippen LogP contribution in [-0.4, -0.2) is 0 Å². The summed E-state index contributed by atoms with van der Waals surface area (Å²) in [7, 11) is 0. The van der Waals surface area contributed by atoms with Gasteiger partial charge in [-0.1, -0.05) is 28.1 Å². The van der Waals surface area contributed by atoms with Gasteiger partial charge in [-0.25, -0.2) is 0 Å². The highest BCUT2D eigenvalue weighted by Crippen LogP contribution is 2.43. The number of halogens is 1. The summed E-state index contributed by atoms with van der Waals surface area (Å²) < 4.78 is 1.24. The fourth-order valence-electron chi connectivity index (χ4n) is 1.30. The summed E-state index contributed by atoms with van der Waals surface area (Å²) in [4.78, 5) is 0. The Balaban J connectivity index is 2.42. The first-order valence-corrected chi connectivity index (χ1v) is 4.68. The molecule has 0 spiro atoms. The summed E-state index contributed by atoms with van der Waals surface area (Å²) in [6.07, 6.45) is 2.70. The smallest absolute Gasteiger partial charge is 0.0210 e. The molecule has 0 amide bonds. The van der Waals surface area contributed by atoms with Crippen LogP contribution in [0, 0.1) is 6.92 Å². The summed E-state index contributed by atoms with van der Waals surface area (Å²) in [5, 5.41) is 0. The lowest BCUT2D eigenvalue weighted by molar-refractivity contribution is 1.11. The van der Waals surface area contributed by atoms with Gasteiger partial charge >= 0.3 is 0 Å². The third kappa shape index (κ3) is 1.48. The second kappa shape index (κ2) is 2.63. The lowest BCUT2D eigenvalue weighted by Gasteiger charge is -2.02. The van der Waals surface area contributed by atoms with Gasteiger partial charge in [0.1, 0.15) is 0 Å². The van der Waals surface area contributed by atoms with Crippen molar-refractivity contribution >= 4 is 15.9 Å². The molecule has 1 saturated carbocycles. The van der Waals surface area contributed by atoms with Gasteiger partial charge < -0.3 is 0 Å². The standard InChI is InChI=1S/C10H10Br/c1-7-2-5-10(11)9(6-7)8-3-4-8/h2,5-6,8H,1,3-4H2. The van der Waals surface area contributed by atoms with Crippen molar-refractivity contribution in [1.29, 1.82) is 0 Å². The molecule has 57 valence electrons. The van der Waals surface area contributed by atoms with E-state index in [1.54, 1.807) is 0 Å². The van der Waals surface area contributed by atoms with Gasteiger partial charge in [0.05, 0.1) is 0 Å². The molecule has 0 aromatic heterocycles. The fourth-order valence-corrected chi connectivity index (χ4v) is 1.87. The van der Waals surface area contributed by atoms with E-state index in [1.165, 1.54) is 22.9 Å². The Bertz CT molecular complexity index is 274. The van der Waals surface area contributed by atoms with Crippen molar-refractivity contribution in [2.45, 2.75) is 18.8 Å². The van der Waals surface area contributed by atoms with Crippen molar-refractivity contribution in [2.75, 3.05) is 0 Å². The zero-order valence-corrected chi connectivity index (χ0v) is 7.89. The van der Waals surface area contributed by atoms with E-state index in [9.17, 15) is 0 Å². The minimum absolute atomic E-state index is 0.811. The molecule has 0 atom stereocenters. The van der Waals surface area contributed by atoms with Crippen molar-refractivity contribution in [3.8, 4) is 0 Å². The average Bonchev–Trinajstić information content (AvgIpc) is 2.76. The normalized spacial score (nSPS) is 16.9. The molecule has 1 heteroatoms. The number of hydrogen-bond acceptors (Lipinski definition) is 0. The molecule has 0 bridgehead atoms. The van der Waals surface area contributed by atoms with Crippen LogP contribution in [0.5, 0.6) is 0 Å². The largest absolute Gasteiger partial charge is 0.0579 e. The predicted octanol–water partition coefficient (Wildman–Crippen LogP) is 3.51. The first-order valence-electron chi connectivity index (χ1n) is 3.89. The van der Waals surface area contributed by atoms with Crippen LogP contribution in [0.15, 0.2) is 22.7 Å². The Morgan fingerprint density at radius 1 is 1.36 bits per heavy atom. The van der Waals surface area contributed by atoms with E-state index in [-0.39, 0.29) is 0 Å². The molecule has 2 rings (SSSR count). The van der Waals surface area contributed by atoms with E-state index in [0.29, 0.717) is 0 Å². The maximum Gasteiger partial charge on any atom is 0.0210 e. The highest BCUT2D eigenvalue weighted by Gasteiger charge is 2.25. The van der Waals surface area contributed by atoms with Crippen LogP contribution in [0.25, 0.3) is 0 Å². The van der Waals surface area contributed by atoms with Crippen LogP contribution in [-0.2, 0) is 0 Å². The first kappa shape index (κ1) is 7.35. The molecule has 0 saturated heterocycles. The lowest BCUT2D eigenvalue weighted by atomic mass is 10.1. The van der Waals surface area contributed by atoms with Crippen LogP contribution in [0.1, 0.15) is 29.9 Å². The molecule has 1 radical (unpaired) electrons. The maximum absolute atomic E-state index is 3.91. The van der Waals surface area contributed by atoms with Gasteiger partial charge in [0.25, 0.3) is 0 Å². The summed E-state index contributed by atoms with van der Waals surface area (Å²) in [5.74, 6) is 0.811. The summed E-state index contributed by atoms with van der Waals surface area (Å²) in [5.41, 5.74) is 2.56. The Morgan fingerprint density at radius 3 is 2.73 bits per heavy atom. The van der Waals surface area contributed by atoms with Crippen molar-refractivity contribution in [1.82, 2.24) is 0 Å². The van der Waals surface area contributed by atoms with Gasteiger partial charge in [-0.05, 0) is 42.9 Å². The lowest BCUT2D eigenvalue weighted by Crippen LogP contribution is -1.82. The summed E-state index contributed by atoms with van der Waals surface area (Å²) in [6.45, 7) is 3.91. The van der Waals surface area contributed by atoms with Gasteiger partial charge in [-0.2, -0.15) is 0 Å². The fraction of sp³-hybridized carbons (Fsp3) is 0.300.